The summed E-state index contributed by atoms with van der Waals surface area (Å²) in [5, 5.41) is 6.67. The first kappa shape index (κ1) is 21.6. The Kier molecular flexibility index (Phi) is 5.99. The largest absolute Gasteiger partial charge is 0.465 e. The second kappa shape index (κ2) is 8.87. The molecule has 0 radical (unpaired) electrons. The van der Waals surface area contributed by atoms with Crippen molar-refractivity contribution in [3.05, 3.63) is 95.1 Å². The second-order valence-corrected chi connectivity index (χ2v) is 8.94. The van der Waals surface area contributed by atoms with E-state index in [0.717, 1.165) is 34.5 Å². The third-order valence-electron chi connectivity index (χ3n) is 5.96. The first-order valence-corrected chi connectivity index (χ1v) is 10.8. The van der Waals surface area contributed by atoms with Crippen molar-refractivity contribution >= 4 is 23.3 Å². The molecular weight excluding hydrogens is 400 g/mol. The number of carbonyl (C=O) groups is 2. The molecule has 0 aliphatic carbocycles. The molecule has 0 saturated heterocycles. The normalized spacial score (nSPS) is 16.4. The minimum atomic E-state index is -0.327. The number of methoxy groups -OCH3 is 1. The van der Waals surface area contributed by atoms with Crippen LogP contribution in [0.1, 0.15) is 46.9 Å². The van der Waals surface area contributed by atoms with E-state index in [2.05, 4.69) is 30.5 Å². The predicted molar refractivity (Wildman–Crippen MR) is 127 cm³/mol. The van der Waals surface area contributed by atoms with Crippen LogP contribution in [0.4, 0.5) is 11.4 Å². The molecule has 4 rings (SSSR count). The molecule has 0 fully saturated rings. The van der Waals surface area contributed by atoms with Crippen molar-refractivity contribution in [3.8, 4) is 0 Å². The minimum Gasteiger partial charge on any atom is -0.465 e. The van der Waals surface area contributed by atoms with Gasteiger partial charge in [-0.3, -0.25) is 4.79 Å². The zero-order chi connectivity index (χ0) is 22.7. The summed E-state index contributed by atoms with van der Waals surface area (Å²) in [6.45, 7) is 4.41. The van der Waals surface area contributed by atoms with Gasteiger partial charge in [0.25, 0.3) is 0 Å². The van der Waals surface area contributed by atoms with E-state index in [-0.39, 0.29) is 23.3 Å². The first-order chi connectivity index (χ1) is 15.4. The van der Waals surface area contributed by atoms with E-state index in [1.54, 1.807) is 6.07 Å². The van der Waals surface area contributed by atoms with Crippen LogP contribution < -0.4 is 10.6 Å². The molecule has 1 unspecified atom stereocenters. The molecular formula is C27H28N2O3. The van der Waals surface area contributed by atoms with Gasteiger partial charge in [0.05, 0.1) is 25.1 Å². The van der Waals surface area contributed by atoms with Gasteiger partial charge >= 0.3 is 5.97 Å². The molecule has 0 aromatic heterocycles. The Morgan fingerprint density at radius 3 is 2.56 bits per heavy atom. The number of fused-ring (bicyclic) bond motifs is 1. The van der Waals surface area contributed by atoms with Crippen molar-refractivity contribution in [2.24, 2.45) is 5.41 Å². The molecule has 1 aliphatic rings. The third kappa shape index (κ3) is 4.67. The van der Waals surface area contributed by atoms with E-state index in [4.69, 9.17) is 4.74 Å². The maximum absolute atomic E-state index is 12.5. The van der Waals surface area contributed by atoms with Crippen LogP contribution >= 0.6 is 0 Å². The van der Waals surface area contributed by atoms with Crippen LogP contribution in [0.5, 0.6) is 0 Å². The monoisotopic (exact) mass is 428 g/mol. The number of esters is 1. The van der Waals surface area contributed by atoms with Crippen molar-refractivity contribution < 1.29 is 14.3 Å². The topological polar surface area (TPSA) is 67.4 Å². The summed E-state index contributed by atoms with van der Waals surface area (Å²) in [6.07, 6.45) is 1.16. The van der Waals surface area contributed by atoms with E-state index in [1.165, 1.54) is 7.11 Å². The van der Waals surface area contributed by atoms with Gasteiger partial charge in [-0.1, -0.05) is 56.3 Å². The van der Waals surface area contributed by atoms with E-state index >= 15 is 0 Å². The number of nitrogens with one attached hydrogen (secondary N) is 2. The molecule has 1 heterocycles. The first-order valence-electron chi connectivity index (χ1n) is 10.8. The number of carbonyl (C=O) groups excluding carboxylic acids is 2. The zero-order valence-electron chi connectivity index (χ0n) is 18.6. The molecule has 0 spiro atoms. The van der Waals surface area contributed by atoms with Gasteiger partial charge in [0, 0.05) is 11.4 Å². The molecule has 32 heavy (non-hydrogen) atoms. The smallest absolute Gasteiger partial charge is 0.337 e. The van der Waals surface area contributed by atoms with Crippen LogP contribution in [-0.2, 0) is 22.4 Å². The summed E-state index contributed by atoms with van der Waals surface area (Å²) in [7, 11) is 1.39. The molecule has 164 valence electrons. The van der Waals surface area contributed by atoms with Crippen LogP contribution in [0.3, 0.4) is 0 Å². The average molecular weight is 429 g/mol. The highest BCUT2D eigenvalue weighted by Gasteiger charge is 2.36. The number of benzene rings is 3. The Labute approximate surface area is 188 Å². The molecule has 1 atom stereocenters. The Hall–Kier alpha value is -3.60. The fourth-order valence-corrected chi connectivity index (χ4v) is 4.39. The maximum Gasteiger partial charge on any atom is 0.337 e. The molecule has 1 aliphatic heterocycles. The van der Waals surface area contributed by atoms with Crippen LogP contribution in [0.25, 0.3) is 0 Å². The van der Waals surface area contributed by atoms with E-state index < -0.39 is 0 Å². The number of ether oxygens (including phenoxy) is 1. The number of hydrogen-bond acceptors (Lipinski definition) is 4. The summed E-state index contributed by atoms with van der Waals surface area (Å²) in [4.78, 5) is 24.4. The van der Waals surface area contributed by atoms with Gasteiger partial charge in [0.15, 0.2) is 0 Å². The highest BCUT2D eigenvalue weighted by molar-refractivity contribution is 5.92. The van der Waals surface area contributed by atoms with Gasteiger partial charge in [-0.05, 0) is 58.9 Å². The number of hydrogen-bond donors (Lipinski definition) is 2. The number of amides is 1. The standard InChI is InChI=1S/C27H28N2O3/c1-27(2)17-21-15-20(26(31)32-3)12-13-23(21)29-25(27)19-10-7-11-22(16-19)28-24(30)14-18-8-5-4-6-9-18/h4-13,15-16,25,29H,14,17H2,1-3H3,(H,28,30). The van der Waals surface area contributed by atoms with E-state index in [1.807, 2.05) is 60.7 Å². The lowest BCUT2D eigenvalue weighted by Gasteiger charge is -2.41. The van der Waals surface area contributed by atoms with Crippen molar-refractivity contribution in [2.45, 2.75) is 32.7 Å². The maximum atomic E-state index is 12.5. The van der Waals surface area contributed by atoms with Gasteiger partial charge < -0.3 is 15.4 Å². The molecule has 5 heteroatoms. The van der Waals surface area contributed by atoms with Crippen molar-refractivity contribution in [2.75, 3.05) is 17.7 Å². The SMILES string of the molecule is COC(=O)c1ccc2c(c1)CC(C)(C)C(c1cccc(NC(=O)Cc3ccccc3)c1)N2. The van der Waals surface area contributed by atoms with E-state index in [9.17, 15) is 9.59 Å². The molecule has 3 aromatic rings. The fraction of sp³-hybridized carbons (Fsp3) is 0.259. The Morgan fingerprint density at radius 2 is 1.81 bits per heavy atom. The molecule has 5 nitrogen and oxygen atoms in total. The zero-order valence-corrected chi connectivity index (χ0v) is 18.6. The average Bonchev–Trinajstić information content (AvgIpc) is 2.77. The Balaban J connectivity index is 1.53. The lowest BCUT2D eigenvalue weighted by atomic mass is 9.72. The summed E-state index contributed by atoms with van der Waals surface area (Å²) in [5.74, 6) is -0.364. The van der Waals surface area contributed by atoms with Gasteiger partial charge in [-0.15, -0.1) is 0 Å². The minimum absolute atomic E-state index is 0.0371. The Bertz CT molecular complexity index is 1140. The van der Waals surface area contributed by atoms with Crippen molar-refractivity contribution in [1.29, 1.82) is 0 Å². The lowest BCUT2D eigenvalue weighted by Crippen LogP contribution is -2.35. The van der Waals surface area contributed by atoms with Crippen LogP contribution in [-0.4, -0.2) is 19.0 Å². The van der Waals surface area contributed by atoms with Crippen molar-refractivity contribution in [3.63, 3.8) is 0 Å². The van der Waals surface area contributed by atoms with Gasteiger partial charge in [-0.2, -0.15) is 0 Å². The van der Waals surface area contributed by atoms with Crippen LogP contribution in [0, 0.1) is 5.41 Å². The number of rotatable bonds is 5. The molecule has 3 aromatic carbocycles. The molecule has 0 bridgehead atoms. The third-order valence-corrected chi connectivity index (χ3v) is 5.96. The molecule has 1 amide bonds. The number of anilines is 2. The van der Waals surface area contributed by atoms with Gasteiger partial charge in [0.1, 0.15) is 0 Å². The van der Waals surface area contributed by atoms with Crippen molar-refractivity contribution in [1.82, 2.24) is 0 Å². The van der Waals surface area contributed by atoms with Crippen LogP contribution in [0.2, 0.25) is 0 Å². The summed E-state index contributed by atoms with van der Waals surface area (Å²) in [5.41, 5.74) is 5.45. The second-order valence-electron chi connectivity index (χ2n) is 8.94. The highest BCUT2D eigenvalue weighted by atomic mass is 16.5. The summed E-state index contributed by atoms with van der Waals surface area (Å²) in [6, 6.07) is 23.4. The highest BCUT2D eigenvalue weighted by Crippen LogP contribution is 2.45. The predicted octanol–water partition coefficient (Wildman–Crippen LogP) is 5.39. The Morgan fingerprint density at radius 1 is 1.03 bits per heavy atom. The van der Waals surface area contributed by atoms with Gasteiger partial charge in [0.2, 0.25) is 5.91 Å². The summed E-state index contributed by atoms with van der Waals surface area (Å²) >= 11 is 0. The molecule has 2 N–H and O–H groups in total. The quantitative estimate of drug-likeness (QED) is 0.535. The fourth-order valence-electron chi connectivity index (χ4n) is 4.39. The van der Waals surface area contributed by atoms with Crippen LogP contribution in [0.15, 0.2) is 72.8 Å². The summed E-state index contributed by atoms with van der Waals surface area (Å²) < 4.78 is 4.86. The van der Waals surface area contributed by atoms with E-state index in [0.29, 0.717) is 12.0 Å². The lowest BCUT2D eigenvalue weighted by molar-refractivity contribution is -0.115. The molecule has 0 saturated carbocycles. The van der Waals surface area contributed by atoms with Gasteiger partial charge in [-0.25, -0.2) is 4.79 Å².